The van der Waals surface area contributed by atoms with E-state index in [2.05, 4.69) is 20.9 Å². The van der Waals surface area contributed by atoms with Gasteiger partial charge in [-0.25, -0.2) is 4.98 Å². The molecule has 0 atom stereocenters. The zero-order valence-corrected chi connectivity index (χ0v) is 13.9. The van der Waals surface area contributed by atoms with Gasteiger partial charge in [-0.3, -0.25) is 0 Å². The first kappa shape index (κ1) is 14.5. The molecule has 7 heteroatoms. The van der Waals surface area contributed by atoms with Crippen LogP contribution in [0.3, 0.4) is 0 Å². The summed E-state index contributed by atoms with van der Waals surface area (Å²) in [6, 6.07) is 6.92. The van der Waals surface area contributed by atoms with Crippen molar-refractivity contribution < 1.29 is 9.15 Å². The average molecular weight is 388 g/mol. The summed E-state index contributed by atoms with van der Waals surface area (Å²) in [7, 11) is 1.59. The third-order valence-corrected chi connectivity index (χ3v) is 4.19. The van der Waals surface area contributed by atoms with Crippen LogP contribution in [0.5, 0.6) is 5.75 Å². The second kappa shape index (κ2) is 5.40. The van der Waals surface area contributed by atoms with E-state index in [1.54, 1.807) is 31.4 Å². The second-order valence-electron chi connectivity index (χ2n) is 4.33. The molecule has 0 saturated carbocycles. The Hall–Kier alpha value is -1.43. The van der Waals surface area contributed by atoms with Gasteiger partial charge in [0.2, 0.25) is 5.89 Å². The second-order valence-corrected chi connectivity index (χ2v) is 6.00. The van der Waals surface area contributed by atoms with Gasteiger partial charge < -0.3 is 14.9 Å². The molecule has 2 aromatic carbocycles. The summed E-state index contributed by atoms with van der Waals surface area (Å²) in [6.45, 7) is 0. The van der Waals surface area contributed by atoms with Crippen LogP contribution >= 0.6 is 39.1 Å². The van der Waals surface area contributed by atoms with Crippen molar-refractivity contribution in [1.29, 1.82) is 0 Å². The lowest BCUT2D eigenvalue weighted by Crippen LogP contribution is -1.89. The molecule has 0 aliphatic carbocycles. The number of rotatable bonds is 2. The van der Waals surface area contributed by atoms with Crippen molar-refractivity contribution in [3.63, 3.8) is 0 Å². The Balaban J connectivity index is 2.19. The third-order valence-electron chi connectivity index (χ3n) is 2.98. The maximum atomic E-state index is 6.04. The van der Waals surface area contributed by atoms with Gasteiger partial charge >= 0.3 is 0 Å². The van der Waals surface area contributed by atoms with Crippen LogP contribution in [0, 0.1) is 0 Å². The van der Waals surface area contributed by atoms with Gasteiger partial charge in [-0.2, -0.15) is 0 Å². The Morgan fingerprint density at radius 1 is 1.19 bits per heavy atom. The van der Waals surface area contributed by atoms with Gasteiger partial charge in [0.1, 0.15) is 11.3 Å². The molecule has 0 fully saturated rings. The van der Waals surface area contributed by atoms with Crippen molar-refractivity contribution in [3.8, 4) is 17.2 Å². The molecule has 3 rings (SSSR count). The number of ether oxygens (including phenoxy) is 1. The molecule has 0 unspecified atom stereocenters. The number of methoxy groups -OCH3 is 1. The van der Waals surface area contributed by atoms with Crippen molar-refractivity contribution >= 4 is 55.9 Å². The molecule has 21 heavy (non-hydrogen) atoms. The Labute approximate surface area is 138 Å². The molecule has 0 spiro atoms. The minimum atomic E-state index is 0.334. The first-order chi connectivity index (χ1) is 9.99. The normalized spacial score (nSPS) is 11.0. The van der Waals surface area contributed by atoms with Crippen LogP contribution in [0.4, 0.5) is 5.69 Å². The van der Waals surface area contributed by atoms with Crippen LogP contribution in [0.25, 0.3) is 22.6 Å². The lowest BCUT2D eigenvalue weighted by molar-refractivity contribution is 0.415. The molecule has 0 aliphatic heterocycles. The maximum absolute atomic E-state index is 6.04. The lowest BCUT2D eigenvalue weighted by atomic mass is 10.2. The number of anilines is 1. The van der Waals surface area contributed by atoms with Crippen molar-refractivity contribution in [1.82, 2.24) is 4.98 Å². The number of fused-ring (bicyclic) bond motifs is 1. The Bertz CT molecular complexity index is 825. The van der Waals surface area contributed by atoms with Crippen LogP contribution in [-0.2, 0) is 0 Å². The topological polar surface area (TPSA) is 61.3 Å². The minimum absolute atomic E-state index is 0.334. The van der Waals surface area contributed by atoms with Gasteiger partial charge in [-0.1, -0.05) is 23.2 Å². The molecular formula is C14H9BrCl2N2O2. The van der Waals surface area contributed by atoms with Gasteiger partial charge in [0, 0.05) is 11.6 Å². The molecule has 0 aliphatic rings. The van der Waals surface area contributed by atoms with Crippen LogP contribution in [0.15, 0.2) is 33.2 Å². The summed E-state index contributed by atoms with van der Waals surface area (Å²) in [5, 5.41) is 0.716. The molecule has 2 N–H and O–H groups in total. The highest BCUT2D eigenvalue weighted by atomic mass is 79.9. The van der Waals surface area contributed by atoms with E-state index in [0.717, 1.165) is 4.47 Å². The van der Waals surface area contributed by atoms with E-state index >= 15 is 0 Å². The number of halogens is 3. The van der Waals surface area contributed by atoms with E-state index in [1.165, 1.54) is 0 Å². The summed E-state index contributed by atoms with van der Waals surface area (Å²) in [6.07, 6.45) is 0. The largest absolute Gasteiger partial charge is 0.497 e. The summed E-state index contributed by atoms with van der Waals surface area (Å²) in [5.74, 6) is 1.09. The van der Waals surface area contributed by atoms with Crippen LogP contribution in [-0.4, -0.2) is 12.1 Å². The third kappa shape index (κ3) is 2.57. The zero-order chi connectivity index (χ0) is 15.1. The standard InChI is InChI=1S/C14H9BrCl2N2O2/c1-20-7-4-8(15)13-11(5-7)19-14(21-13)6-2-9(16)12(18)10(17)3-6/h2-5H,18H2,1H3. The van der Waals surface area contributed by atoms with Gasteiger partial charge in [-0.05, 0) is 34.1 Å². The molecule has 0 saturated heterocycles. The molecular weight excluding hydrogens is 379 g/mol. The first-order valence-electron chi connectivity index (χ1n) is 5.88. The highest BCUT2D eigenvalue weighted by molar-refractivity contribution is 9.10. The van der Waals surface area contributed by atoms with E-state index in [0.29, 0.717) is 44.0 Å². The Morgan fingerprint density at radius 2 is 1.86 bits per heavy atom. The zero-order valence-electron chi connectivity index (χ0n) is 10.8. The number of nitrogen functional groups attached to an aromatic ring is 1. The summed E-state index contributed by atoms with van der Waals surface area (Å²) in [5.41, 5.74) is 8.00. The van der Waals surface area contributed by atoms with Crippen molar-refractivity contribution in [2.45, 2.75) is 0 Å². The fraction of sp³-hybridized carbons (Fsp3) is 0.0714. The number of hydrogen-bond acceptors (Lipinski definition) is 4. The van der Waals surface area contributed by atoms with Crippen molar-refractivity contribution in [3.05, 3.63) is 38.8 Å². The van der Waals surface area contributed by atoms with Gasteiger partial charge in [-0.15, -0.1) is 0 Å². The molecule has 4 nitrogen and oxygen atoms in total. The van der Waals surface area contributed by atoms with E-state index in [9.17, 15) is 0 Å². The smallest absolute Gasteiger partial charge is 0.227 e. The highest BCUT2D eigenvalue weighted by Crippen LogP contribution is 2.36. The lowest BCUT2D eigenvalue weighted by Gasteiger charge is -2.03. The Kier molecular flexibility index (Phi) is 3.73. The summed E-state index contributed by atoms with van der Waals surface area (Å²) < 4.78 is 11.7. The molecule has 0 amide bonds. The van der Waals surface area contributed by atoms with E-state index in [-0.39, 0.29) is 0 Å². The minimum Gasteiger partial charge on any atom is -0.497 e. The van der Waals surface area contributed by atoms with Crippen LogP contribution < -0.4 is 10.5 Å². The quantitative estimate of drug-likeness (QED) is 0.617. The predicted octanol–water partition coefficient (Wildman–Crippen LogP) is 5.15. The van der Waals surface area contributed by atoms with E-state index < -0.39 is 0 Å². The summed E-state index contributed by atoms with van der Waals surface area (Å²) in [4.78, 5) is 4.43. The summed E-state index contributed by atoms with van der Waals surface area (Å²) >= 11 is 15.5. The molecule has 3 aromatic rings. The van der Waals surface area contributed by atoms with Gasteiger partial charge in [0.05, 0.1) is 27.3 Å². The Morgan fingerprint density at radius 3 is 2.48 bits per heavy atom. The highest BCUT2D eigenvalue weighted by Gasteiger charge is 2.15. The number of nitrogens with zero attached hydrogens (tertiary/aromatic N) is 1. The van der Waals surface area contributed by atoms with E-state index in [4.69, 9.17) is 38.1 Å². The number of oxazole rings is 1. The number of benzene rings is 2. The predicted molar refractivity (Wildman–Crippen MR) is 88.1 cm³/mol. The fourth-order valence-corrected chi connectivity index (χ4v) is 2.91. The van der Waals surface area contributed by atoms with Crippen molar-refractivity contribution in [2.75, 3.05) is 12.8 Å². The van der Waals surface area contributed by atoms with Gasteiger partial charge in [0.15, 0.2) is 5.58 Å². The molecule has 0 bridgehead atoms. The fourth-order valence-electron chi connectivity index (χ4n) is 1.92. The first-order valence-corrected chi connectivity index (χ1v) is 7.43. The molecule has 0 radical (unpaired) electrons. The maximum Gasteiger partial charge on any atom is 0.227 e. The van der Waals surface area contributed by atoms with Crippen molar-refractivity contribution in [2.24, 2.45) is 0 Å². The molecule has 108 valence electrons. The van der Waals surface area contributed by atoms with Crippen LogP contribution in [0.1, 0.15) is 0 Å². The number of nitrogens with two attached hydrogens (primary N) is 1. The van der Waals surface area contributed by atoms with Gasteiger partial charge in [0.25, 0.3) is 0 Å². The number of hydrogen-bond donors (Lipinski definition) is 1. The molecule has 1 aromatic heterocycles. The van der Waals surface area contributed by atoms with Crippen LogP contribution in [0.2, 0.25) is 10.0 Å². The SMILES string of the molecule is COc1cc(Br)c2oc(-c3cc(Cl)c(N)c(Cl)c3)nc2c1. The van der Waals surface area contributed by atoms with E-state index in [1.807, 2.05) is 0 Å². The molecule has 1 heterocycles. The monoisotopic (exact) mass is 386 g/mol. The average Bonchev–Trinajstić information content (AvgIpc) is 2.88. The number of aromatic nitrogens is 1.